The largest absolute Gasteiger partial charge is 0.252 e. The number of hydrogen-bond acceptors (Lipinski definition) is 2. The normalized spacial score (nSPS) is 14.3. The molecule has 17 heavy (non-hydrogen) atoms. The molecule has 0 amide bonds. The van der Waals surface area contributed by atoms with E-state index in [4.69, 9.17) is 4.98 Å². The van der Waals surface area contributed by atoms with Gasteiger partial charge in [0.1, 0.15) is 0 Å². The lowest BCUT2D eigenvalue weighted by Gasteiger charge is -2.12. The highest BCUT2D eigenvalue weighted by Crippen LogP contribution is 2.32. The van der Waals surface area contributed by atoms with Gasteiger partial charge in [0.15, 0.2) is 0 Å². The van der Waals surface area contributed by atoms with Crippen molar-refractivity contribution in [2.75, 3.05) is 0 Å². The smallest absolute Gasteiger partial charge is 0.0737 e. The van der Waals surface area contributed by atoms with Crippen molar-refractivity contribution in [2.24, 2.45) is 0 Å². The van der Waals surface area contributed by atoms with Crippen LogP contribution in [0.25, 0.3) is 10.9 Å². The minimum absolute atomic E-state index is 0.824. The van der Waals surface area contributed by atoms with Crippen molar-refractivity contribution in [3.05, 3.63) is 40.1 Å². The third-order valence-electron chi connectivity index (χ3n) is 3.73. The van der Waals surface area contributed by atoms with E-state index in [9.17, 15) is 0 Å². The monoisotopic (exact) mass is 243 g/mol. The summed E-state index contributed by atoms with van der Waals surface area (Å²) < 4.78 is 0. The lowest BCUT2D eigenvalue weighted by molar-refractivity contribution is 0.899. The van der Waals surface area contributed by atoms with E-state index in [-0.39, 0.29) is 0 Å². The van der Waals surface area contributed by atoms with E-state index >= 15 is 0 Å². The van der Waals surface area contributed by atoms with Crippen molar-refractivity contribution >= 4 is 23.5 Å². The number of hydrogen-bond donors (Lipinski definition) is 1. The second-order valence-electron chi connectivity index (χ2n) is 5.01. The van der Waals surface area contributed by atoms with Crippen LogP contribution in [0.1, 0.15) is 34.4 Å². The molecule has 1 nitrogen and oxygen atoms in total. The summed E-state index contributed by atoms with van der Waals surface area (Å²) in [6.07, 6.45) is 3.57. The van der Waals surface area contributed by atoms with Crippen molar-refractivity contribution in [3.8, 4) is 0 Å². The molecule has 0 fully saturated rings. The molecule has 1 aliphatic rings. The van der Waals surface area contributed by atoms with Gasteiger partial charge in [-0.15, -0.1) is 0 Å². The minimum Gasteiger partial charge on any atom is -0.252 e. The van der Waals surface area contributed by atoms with E-state index < -0.39 is 0 Å². The summed E-state index contributed by atoms with van der Waals surface area (Å²) in [5, 5.41) is 1.32. The summed E-state index contributed by atoms with van der Waals surface area (Å²) in [5.41, 5.74) is 7.99. The fraction of sp³-hybridized carbons (Fsp3) is 0.400. The number of aromatic nitrogens is 1. The van der Waals surface area contributed by atoms with Crippen LogP contribution in [0.2, 0.25) is 0 Å². The maximum Gasteiger partial charge on any atom is 0.0737 e. The fourth-order valence-electron chi connectivity index (χ4n) is 2.99. The van der Waals surface area contributed by atoms with E-state index in [1.54, 1.807) is 0 Å². The third-order valence-corrected chi connectivity index (χ3v) is 4.04. The van der Waals surface area contributed by atoms with E-state index in [1.807, 2.05) is 0 Å². The number of fused-ring (bicyclic) bond motifs is 2. The van der Waals surface area contributed by atoms with E-state index in [0.29, 0.717) is 0 Å². The molecule has 3 rings (SSSR count). The average Bonchev–Trinajstić information content (AvgIpc) is 2.74. The Bertz CT molecular complexity index is 602. The number of aryl methyl sites for hydroxylation is 3. The molecule has 0 saturated heterocycles. The summed E-state index contributed by atoms with van der Waals surface area (Å²) in [4.78, 5) is 4.87. The Labute approximate surface area is 108 Å². The Morgan fingerprint density at radius 2 is 2.06 bits per heavy atom. The maximum absolute atomic E-state index is 4.87. The van der Waals surface area contributed by atoms with Crippen molar-refractivity contribution in [2.45, 2.75) is 38.9 Å². The SMILES string of the molecule is Cc1cc(C)c2nc3c(c(CS)c2c1)CCC3. The van der Waals surface area contributed by atoms with E-state index in [2.05, 4.69) is 38.6 Å². The van der Waals surface area contributed by atoms with Crippen LogP contribution >= 0.6 is 12.6 Å². The molecule has 0 unspecified atom stereocenters. The molecule has 0 bridgehead atoms. The maximum atomic E-state index is 4.87. The van der Waals surface area contributed by atoms with Crippen LogP contribution in [0, 0.1) is 13.8 Å². The highest BCUT2D eigenvalue weighted by atomic mass is 32.1. The molecule has 1 aliphatic carbocycles. The fourth-order valence-corrected chi connectivity index (χ4v) is 3.35. The lowest BCUT2D eigenvalue weighted by Crippen LogP contribution is -1.99. The van der Waals surface area contributed by atoms with Crippen molar-refractivity contribution in [1.29, 1.82) is 0 Å². The molecule has 2 aromatic rings. The summed E-state index contributed by atoms with van der Waals surface area (Å²) >= 11 is 4.53. The van der Waals surface area contributed by atoms with Gasteiger partial charge < -0.3 is 0 Å². The zero-order chi connectivity index (χ0) is 12.0. The van der Waals surface area contributed by atoms with Crippen LogP contribution in [0.3, 0.4) is 0 Å². The van der Waals surface area contributed by atoms with Crippen LogP contribution in [-0.4, -0.2) is 4.98 Å². The number of pyridine rings is 1. The summed E-state index contributed by atoms with van der Waals surface area (Å²) in [7, 11) is 0. The van der Waals surface area contributed by atoms with Gasteiger partial charge in [-0.1, -0.05) is 11.6 Å². The molecule has 0 N–H and O–H groups in total. The first kappa shape index (κ1) is 11.1. The minimum atomic E-state index is 0.824. The van der Waals surface area contributed by atoms with Crippen molar-refractivity contribution in [3.63, 3.8) is 0 Å². The first-order chi connectivity index (χ1) is 8.20. The number of nitrogens with zero attached hydrogens (tertiary/aromatic N) is 1. The van der Waals surface area contributed by atoms with Gasteiger partial charge in [0, 0.05) is 16.8 Å². The molecule has 1 aromatic carbocycles. The molecule has 0 aliphatic heterocycles. The highest BCUT2D eigenvalue weighted by Gasteiger charge is 2.19. The van der Waals surface area contributed by atoms with Gasteiger partial charge in [-0.3, -0.25) is 4.98 Å². The first-order valence-corrected chi connectivity index (χ1v) is 6.86. The van der Waals surface area contributed by atoms with Crippen LogP contribution < -0.4 is 0 Å². The summed E-state index contributed by atoms with van der Waals surface area (Å²) in [6.45, 7) is 4.31. The molecular formula is C15H17NS. The van der Waals surface area contributed by atoms with Gasteiger partial charge in [0.05, 0.1) is 5.52 Å². The topological polar surface area (TPSA) is 12.9 Å². The molecule has 0 spiro atoms. The Morgan fingerprint density at radius 1 is 1.24 bits per heavy atom. The van der Waals surface area contributed by atoms with Gasteiger partial charge in [-0.2, -0.15) is 12.6 Å². The second-order valence-corrected chi connectivity index (χ2v) is 5.32. The molecule has 1 heterocycles. The molecule has 0 radical (unpaired) electrons. The van der Waals surface area contributed by atoms with Gasteiger partial charge >= 0.3 is 0 Å². The molecule has 2 heteroatoms. The standard InChI is InChI=1S/C15H17NS/c1-9-6-10(2)15-12(7-9)13(8-17)11-4-3-5-14(11)16-15/h6-7,17H,3-5,8H2,1-2H3. The van der Waals surface area contributed by atoms with Gasteiger partial charge in [-0.05, 0) is 55.9 Å². The van der Waals surface area contributed by atoms with Gasteiger partial charge in [0.25, 0.3) is 0 Å². The van der Waals surface area contributed by atoms with Crippen LogP contribution in [0.15, 0.2) is 12.1 Å². The molecular weight excluding hydrogens is 226 g/mol. The zero-order valence-corrected chi connectivity index (χ0v) is 11.3. The predicted molar refractivity (Wildman–Crippen MR) is 75.9 cm³/mol. The van der Waals surface area contributed by atoms with Gasteiger partial charge in [0.2, 0.25) is 0 Å². The lowest BCUT2D eigenvalue weighted by atomic mass is 9.98. The Kier molecular flexibility index (Phi) is 2.62. The molecule has 1 aromatic heterocycles. The highest BCUT2D eigenvalue weighted by molar-refractivity contribution is 7.79. The second kappa shape index (κ2) is 4.02. The van der Waals surface area contributed by atoms with E-state index in [0.717, 1.165) is 12.2 Å². The first-order valence-electron chi connectivity index (χ1n) is 6.23. The van der Waals surface area contributed by atoms with E-state index in [1.165, 1.54) is 51.7 Å². The Balaban J connectivity index is 2.45. The summed E-state index contributed by atoms with van der Waals surface area (Å²) in [6, 6.07) is 4.48. The molecule has 88 valence electrons. The number of thiol groups is 1. The average molecular weight is 243 g/mol. The number of benzene rings is 1. The molecule has 0 atom stereocenters. The van der Waals surface area contributed by atoms with Crippen LogP contribution in [0.5, 0.6) is 0 Å². The molecule has 0 saturated carbocycles. The Morgan fingerprint density at radius 3 is 2.82 bits per heavy atom. The zero-order valence-electron chi connectivity index (χ0n) is 10.4. The Hall–Kier alpha value is -1.02. The van der Waals surface area contributed by atoms with Crippen molar-refractivity contribution < 1.29 is 0 Å². The van der Waals surface area contributed by atoms with Crippen LogP contribution in [-0.2, 0) is 18.6 Å². The quantitative estimate of drug-likeness (QED) is 0.752. The van der Waals surface area contributed by atoms with Crippen molar-refractivity contribution in [1.82, 2.24) is 4.98 Å². The van der Waals surface area contributed by atoms with Gasteiger partial charge in [-0.25, -0.2) is 0 Å². The summed E-state index contributed by atoms with van der Waals surface area (Å²) in [5.74, 6) is 0.824. The number of rotatable bonds is 1. The van der Waals surface area contributed by atoms with Crippen LogP contribution in [0.4, 0.5) is 0 Å². The third kappa shape index (κ3) is 1.66. The predicted octanol–water partition coefficient (Wildman–Crippen LogP) is 3.77.